The number of ether oxygens (including phenoxy) is 3. The molecule has 55 heavy (non-hydrogen) atoms. The van der Waals surface area contributed by atoms with Crippen molar-refractivity contribution >= 4 is 57.4 Å². The van der Waals surface area contributed by atoms with Crippen molar-refractivity contribution in [2.24, 2.45) is 0 Å². The van der Waals surface area contributed by atoms with Crippen LogP contribution in [0, 0.1) is 0 Å². The molecular formula is C39H36N2O10S2Y2-2. The minimum atomic E-state index is -0.455. The number of thioether (sulfide) groups is 2. The van der Waals surface area contributed by atoms with Gasteiger partial charge in [-0.1, -0.05) is 79.0 Å². The third-order valence-corrected chi connectivity index (χ3v) is 9.51. The van der Waals surface area contributed by atoms with E-state index in [0.29, 0.717) is 36.3 Å². The molecule has 2 atom stereocenters. The standard InChI is InChI=1S/C19H17NO5S.C10H9NO3S.C10H12O2.2Y/c1-24-15-4-2-3-13(10-15)16(21)11-25-14-7-5-12(6-8-14)9-17-18(22)20-19(23)26-17;12-7-3-1-6(2-4-7)5-8-9(13)11-10(14)15-8;1-3-10(11)8-5-4-6-9(7-8)12-2;;/h2-8,10,17H,9,11H2,1H3,(H,20,22,23);1-4,8H,5H2,(H2,11,12,13,14);4-7H,3H2,1-2H3;;/p-2. The first-order chi connectivity index (χ1) is 25.5. The molecule has 4 amide bonds. The number of hydrogen-bond donors (Lipinski definition) is 1. The van der Waals surface area contributed by atoms with Crippen LogP contribution in [0.25, 0.3) is 10.6 Å². The summed E-state index contributed by atoms with van der Waals surface area (Å²) in [5.74, 6) is 1.33. The number of hydrogen-bond acceptors (Lipinski definition) is 12. The number of methoxy groups -OCH3 is 2. The van der Waals surface area contributed by atoms with Crippen LogP contribution < -0.4 is 14.2 Å². The smallest absolute Gasteiger partial charge is 0.200 e. The molecule has 0 aromatic heterocycles. The molecular weight excluding hydrogens is 898 g/mol. The molecule has 2 radical (unpaired) electrons. The molecule has 2 heterocycles. The van der Waals surface area contributed by atoms with Crippen LogP contribution >= 0.6 is 23.5 Å². The van der Waals surface area contributed by atoms with Crippen molar-refractivity contribution in [2.75, 3.05) is 20.8 Å². The zero-order chi connectivity index (χ0) is 38.3. The Hall–Kier alpha value is -3.39. The van der Waals surface area contributed by atoms with Gasteiger partial charge in [0.1, 0.15) is 33.5 Å². The summed E-state index contributed by atoms with van der Waals surface area (Å²) < 4.78 is 15.6. The Morgan fingerprint density at radius 2 is 1.07 bits per heavy atom. The van der Waals surface area contributed by atoms with E-state index in [1.807, 2.05) is 31.2 Å². The van der Waals surface area contributed by atoms with E-state index in [-0.39, 0.29) is 101 Å². The van der Waals surface area contributed by atoms with Gasteiger partial charge in [0.25, 0.3) is 0 Å². The molecule has 4 aromatic rings. The molecule has 12 nitrogen and oxygen atoms in total. The second-order valence-corrected chi connectivity index (χ2v) is 13.6. The predicted molar refractivity (Wildman–Crippen MR) is 203 cm³/mol. The van der Waals surface area contributed by atoms with Gasteiger partial charge in [-0.2, -0.15) is 0 Å². The van der Waals surface area contributed by atoms with Crippen molar-refractivity contribution in [3.63, 3.8) is 0 Å². The van der Waals surface area contributed by atoms with Gasteiger partial charge in [-0.25, -0.2) is 0 Å². The summed E-state index contributed by atoms with van der Waals surface area (Å²) >= 11 is 1.90. The van der Waals surface area contributed by atoms with Gasteiger partial charge in [-0.15, -0.1) is 0 Å². The summed E-state index contributed by atoms with van der Waals surface area (Å²) in [6, 6.07) is 27.7. The fourth-order valence-electron chi connectivity index (χ4n) is 4.79. The molecule has 0 saturated carbocycles. The summed E-state index contributed by atoms with van der Waals surface area (Å²) in [5, 5.41) is 14.1. The van der Waals surface area contributed by atoms with Gasteiger partial charge in [0, 0.05) is 83.0 Å². The Morgan fingerprint density at radius 1 is 0.636 bits per heavy atom. The van der Waals surface area contributed by atoms with Crippen molar-refractivity contribution < 1.29 is 114 Å². The molecule has 0 spiro atoms. The molecule has 2 unspecified atom stereocenters. The fraction of sp³-hybridized carbons (Fsp3) is 0.231. The van der Waals surface area contributed by atoms with Crippen LogP contribution in [-0.2, 0) is 87.8 Å². The number of carbonyl (C=O) groups excluding carboxylic acids is 6. The zero-order valence-corrected chi connectivity index (χ0v) is 37.5. The third kappa shape index (κ3) is 15.6. The van der Waals surface area contributed by atoms with Gasteiger partial charge in [0.2, 0.25) is 0 Å². The van der Waals surface area contributed by atoms with Crippen LogP contribution in [0.1, 0.15) is 45.2 Å². The summed E-state index contributed by atoms with van der Waals surface area (Å²) in [5.41, 5.74) is 3.04. The van der Waals surface area contributed by atoms with Crippen molar-refractivity contribution in [3.8, 4) is 23.0 Å². The molecule has 0 aliphatic carbocycles. The Morgan fingerprint density at radius 3 is 1.47 bits per heavy atom. The maximum absolute atomic E-state index is 12.2. The summed E-state index contributed by atoms with van der Waals surface area (Å²) in [6.45, 7) is 1.76. The molecule has 2 saturated heterocycles. The van der Waals surface area contributed by atoms with E-state index in [0.717, 1.165) is 46.0 Å². The topological polar surface area (TPSA) is 179 Å². The molecule has 6 rings (SSSR count). The molecule has 16 heteroatoms. The number of Topliss-reactive ketones (excluding diaryl/α,β-unsaturated/α-hetero) is 2. The molecule has 282 valence electrons. The average molecular weight is 935 g/mol. The second-order valence-electron chi connectivity index (χ2n) is 11.3. The Labute approximate surface area is 377 Å². The first kappa shape index (κ1) is 47.8. The first-order valence-electron chi connectivity index (χ1n) is 16.2. The molecule has 2 fully saturated rings. The van der Waals surface area contributed by atoms with E-state index >= 15 is 0 Å². The normalized spacial score (nSPS) is 15.3. The maximum atomic E-state index is 12.2. The van der Waals surface area contributed by atoms with E-state index in [4.69, 9.17) is 19.3 Å². The molecule has 0 bridgehead atoms. The number of phenolic OH excluding ortho intramolecular Hbond substituents is 1. The molecule has 2 aliphatic heterocycles. The Balaban J connectivity index is 0.000000307. The largest absolute Gasteiger partial charge is 0.585 e. The zero-order valence-electron chi connectivity index (χ0n) is 30.2. The fourth-order valence-corrected chi connectivity index (χ4v) is 6.42. The average Bonchev–Trinajstić information content (AvgIpc) is 3.67. The van der Waals surface area contributed by atoms with Gasteiger partial charge >= 0.3 is 0 Å². The summed E-state index contributed by atoms with van der Waals surface area (Å²) in [4.78, 5) is 68.1. The van der Waals surface area contributed by atoms with Crippen molar-refractivity contribution in [1.29, 1.82) is 0 Å². The Bertz CT molecular complexity index is 1950. The van der Waals surface area contributed by atoms with Crippen LogP contribution in [0.2, 0.25) is 0 Å². The van der Waals surface area contributed by atoms with Crippen LogP contribution in [0.5, 0.6) is 23.0 Å². The van der Waals surface area contributed by atoms with Crippen molar-refractivity contribution in [2.45, 2.75) is 36.7 Å². The van der Waals surface area contributed by atoms with E-state index in [1.54, 1.807) is 87.0 Å². The summed E-state index contributed by atoms with van der Waals surface area (Å²) in [7, 11) is 3.14. The van der Waals surface area contributed by atoms with Crippen LogP contribution in [0.15, 0.2) is 97.1 Å². The second kappa shape index (κ2) is 24.3. The number of phenols is 1. The van der Waals surface area contributed by atoms with E-state index in [2.05, 4.69) is 10.6 Å². The van der Waals surface area contributed by atoms with Crippen molar-refractivity contribution in [3.05, 3.63) is 130 Å². The number of aromatic hydroxyl groups is 1. The number of amides is 4. The molecule has 4 aromatic carbocycles. The molecule has 2 aliphatic rings. The number of carbonyl (C=O) groups is 6. The van der Waals surface area contributed by atoms with Gasteiger partial charge in [-0.05, 0) is 72.5 Å². The SMILES string of the molecule is CCC(=O)c1cccc(OC)c1.COc1cccc(C(=O)COc2ccc(CC3SC(=O)[N-]C3=O)cc2)c1.O=C1[N-]C(=O)C(Cc2ccc(O)cc2)S1.[Y].[Y]. The van der Waals surface area contributed by atoms with Crippen molar-refractivity contribution in [1.82, 2.24) is 0 Å². The van der Waals surface area contributed by atoms with Gasteiger partial charge in [0.15, 0.2) is 18.2 Å². The van der Waals surface area contributed by atoms with Gasteiger partial charge in [-0.3, -0.25) is 9.59 Å². The van der Waals surface area contributed by atoms with Crippen LogP contribution in [-0.4, -0.2) is 70.3 Å². The van der Waals surface area contributed by atoms with Gasteiger partial charge < -0.3 is 49.1 Å². The van der Waals surface area contributed by atoms with E-state index < -0.39 is 21.0 Å². The third-order valence-electron chi connectivity index (χ3n) is 7.62. The number of benzene rings is 4. The first-order valence-corrected chi connectivity index (χ1v) is 18.0. The number of rotatable bonds is 12. The van der Waals surface area contributed by atoms with Crippen LogP contribution in [0.4, 0.5) is 9.59 Å². The quantitative estimate of drug-likeness (QED) is 0.136. The monoisotopic (exact) mass is 934 g/mol. The number of nitrogens with zero attached hydrogens (tertiary/aromatic N) is 2. The predicted octanol–water partition coefficient (Wildman–Crippen LogP) is 7.99. The van der Waals surface area contributed by atoms with E-state index in [1.165, 1.54) is 0 Å². The summed E-state index contributed by atoms with van der Waals surface area (Å²) in [6.07, 6.45) is 1.44. The number of ketones is 2. The minimum absolute atomic E-state index is 0. The van der Waals surface area contributed by atoms with Crippen LogP contribution in [0.3, 0.4) is 0 Å². The van der Waals surface area contributed by atoms with Gasteiger partial charge in [0.05, 0.1) is 36.5 Å². The van der Waals surface area contributed by atoms with E-state index in [9.17, 15) is 28.8 Å². The Kier molecular flexibility index (Phi) is 21.1. The minimum Gasteiger partial charge on any atom is -0.585 e. The maximum Gasteiger partial charge on any atom is 0.200 e. The molecule has 1 N–H and O–H groups in total. The number of imide groups is 2.